The van der Waals surface area contributed by atoms with E-state index in [1.165, 1.54) is 0 Å². The molecule has 0 radical (unpaired) electrons. The van der Waals surface area contributed by atoms with Crippen LogP contribution in [0.15, 0.2) is 16.7 Å². The Kier molecular flexibility index (Phi) is 3.80. The number of nitrogens with zero attached hydrogens (tertiary/aromatic N) is 3. The van der Waals surface area contributed by atoms with Crippen molar-refractivity contribution in [2.75, 3.05) is 0 Å². The number of hydrogen-bond acceptors (Lipinski definition) is 4. The first-order chi connectivity index (χ1) is 9.11. The molecular weight excluding hydrogens is 259 g/mol. The van der Waals surface area contributed by atoms with Gasteiger partial charge in [0.15, 0.2) is 17.5 Å². The summed E-state index contributed by atoms with van der Waals surface area (Å²) in [5.41, 5.74) is -0.00770. The van der Waals surface area contributed by atoms with E-state index in [1.807, 2.05) is 6.07 Å². The molecule has 7 heteroatoms. The molecule has 1 aromatic heterocycles. The average molecular weight is 267 g/mol. The first kappa shape index (κ1) is 13.1. The van der Waals surface area contributed by atoms with Crippen LogP contribution in [-0.2, 0) is 6.42 Å². The van der Waals surface area contributed by atoms with Gasteiger partial charge in [-0.05, 0) is 18.6 Å². The van der Waals surface area contributed by atoms with Gasteiger partial charge in [0.25, 0.3) is 0 Å². The highest BCUT2D eigenvalue weighted by atomic mass is 19.2. The predicted molar refractivity (Wildman–Crippen MR) is 58.2 cm³/mol. The topological polar surface area (TPSA) is 62.7 Å². The second kappa shape index (κ2) is 5.52. The van der Waals surface area contributed by atoms with Gasteiger partial charge in [0, 0.05) is 18.4 Å². The molecule has 0 aliphatic rings. The number of benzene rings is 1. The van der Waals surface area contributed by atoms with Crippen LogP contribution in [0.1, 0.15) is 18.7 Å². The van der Waals surface area contributed by atoms with Gasteiger partial charge in [0.05, 0.1) is 6.07 Å². The number of aromatic nitrogens is 2. The monoisotopic (exact) mass is 267 g/mol. The van der Waals surface area contributed by atoms with E-state index in [0.717, 1.165) is 12.1 Å². The molecule has 0 saturated carbocycles. The fourth-order valence-corrected chi connectivity index (χ4v) is 1.48. The second-order valence-electron chi connectivity index (χ2n) is 3.78. The van der Waals surface area contributed by atoms with Gasteiger partial charge in [0.2, 0.25) is 11.7 Å². The average Bonchev–Trinajstić information content (AvgIpc) is 2.84. The van der Waals surface area contributed by atoms with Crippen molar-refractivity contribution < 1.29 is 17.7 Å². The predicted octanol–water partition coefficient (Wildman–Crippen LogP) is 3.00. The molecule has 19 heavy (non-hydrogen) atoms. The van der Waals surface area contributed by atoms with Crippen molar-refractivity contribution in [3.05, 3.63) is 35.5 Å². The number of nitriles is 1. The highest BCUT2D eigenvalue weighted by Gasteiger charge is 2.15. The van der Waals surface area contributed by atoms with Gasteiger partial charge in [-0.15, -0.1) is 0 Å². The summed E-state index contributed by atoms with van der Waals surface area (Å²) in [6.07, 6.45) is 1.29. The van der Waals surface area contributed by atoms with Gasteiger partial charge in [-0.3, -0.25) is 0 Å². The van der Waals surface area contributed by atoms with Gasteiger partial charge < -0.3 is 4.52 Å². The van der Waals surface area contributed by atoms with Crippen molar-refractivity contribution in [3.63, 3.8) is 0 Å². The molecule has 0 bridgehead atoms. The van der Waals surface area contributed by atoms with Gasteiger partial charge >= 0.3 is 0 Å². The third kappa shape index (κ3) is 2.91. The summed E-state index contributed by atoms with van der Waals surface area (Å²) in [6, 6.07) is 3.55. The van der Waals surface area contributed by atoms with Crippen molar-refractivity contribution >= 4 is 0 Å². The Balaban J connectivity index is 2.21. The summed E-state index contributed by atoms with van der Waals surface area (Å²) in [4.78, 5) is 3.92. The first-order valence-corrected chi connectivity index (χ1v) is 5.46. The zero-order chi connectivity index (χ0) is 13.8. The maximum absolute atomic E-state index is 13.0. The summed E-state index contributed by atoms with van der Waals surface area (Å²) < 4.78 is 43.7. The number of aryl methyl sites for hydroxylation is 1. The fraction of sp³-hybridized carbons (Fsp3) is 0.250. The summed E-state index contributed by atoms with van der Waals surface area (Å²) in [6.45, 7) is 0. The molecule has 0 aliphatic heterocycles. The Morgan fingerprint density at radius 2 is 1.89 bits per heavy atom. The number of rotatable bonds is 4. The van der Waals surface area contributed by atoms with Gasteiger partial charge in [-0.1, -0.05) is 5.16 Å². The molecule has 0 unspecified atom stereocenters. The van der Waals surface area contributed by atoms with Crippen LogP contribution in [-0.4, -0.2) is 10.1 Å². The lowest BCUT2D eigenvalue weighted by atomic mass is 10.2. The van der Waals surface area contributed by atoms with E-state index < -0.39 is 17.5 Å². The fourth-order valence-electron chi connectivity index (χ4n) is 1.48. The van der Waals surface area contributed by atoms with Gasteiger partial charge in [-0.25, -0.2) is 13.2 Å². The van der Waals surface area contributed by atoms with E-state index in [-0.39, 0.29) is 17.3 Å². The summed E-state index contributed by atoms with van der Waals surface area (Å²) >= 11 is 0. The zero-order valence-electron chi connectivity index (χ0n) is 9.66. The molecule has 0 spiro atoms. The number of hydrogen-bond donors (Lipinski definition) is 0. The molecule has 2 aromatic rings. The Bertz CT molecular complexity index is 610. The van der Waals surface area contributed by atoms with E-state index in [1.54, 1.807) is 0 Å². The molecule has 0 atom stereocenters. The molecule has 2 rings (SSSR count). The quantitative estimate of drug-likeness (QED) is 0.631. The van der Waals surface area contributed by atoms with Crippen LogP contribution in [0.4, 0.5) is 13.2 Å². The van der Waals surface area contributed by atoms with Crippen LogP contribution in [0.2, 0.25) is 0 Å². The second-order valence-corrected chi connectivity index (χ2v) is 3.78. The standard InChI is InChI=1S/C12H8F3N3O/c13-8-5-7(6-9(14)11(8)15)12-17-10(19-18-12)3-1-2-4-16/h5-6H,1-3H2. The van der Waals surface area contributed by atoms with E-state index >= 15 is 0 Å². The minimum Gasteiger partial charge on any atom is -0.339 e. The molecule has 0 saturated heterocycles. The minimum absolute atomic E-state index is 0.00770. The van der Waals surface area contributed by atoms with Crippen LogP contribution in [0.25, 0.3) is 11.4 Å². The van der Waals surface area contributed by atoms with E-state index in [0.29, 0.717) is 19.3 Å². The van der Waals surface area contributed by atoms with Gasteiger partial charge in [0.1, 0.15) is 0 Å². The highest BCUT2D eigenvalue weighted by Crippen LogP contribution is 2.21. The summed E-state index contributed by atoms with van der Waals surface area (Å²) in [5, 5.41) is 11.9. The molecule has 0 N–H and O–H groups in total. The van der Waals surface area contributed by atoms with Crippen LogP contribution in [0, 0.1) is 28.8 Å². The largest absolute Gasteiger partial charge is 0.339 e. The Labute approximate surface area is 106 Å². The minimum atomic E-state index is -1.54. The van der Waals surface area contributed by atoms with Gasteiger partial charge in [-0.2, -0.15) is 10.2 Å². The number of halogens is 3. The Morgan fingerprint density at radius 1 is 1.21 bits per heavy atom. The van der Waals surface area contributed by atoms with Crippen molar-refractivity contribution in [1.82, 2.24) is 10.1 Å². The normalized spacial score (nSPS) is 10.4. The van der Waals surface area contributed by atoms with Crippen LogP contribution in [0.3, 0.4) is 0 Å². The van der Waals surface area contributed by atoms with E-state index in [4.69, 9.17) is 9.78 Å². The molecule has 0 fully saturated rings. The Morgan fingerprint density at radius 3 is 2.53 bits per heavy atom. The maximum atomic E-state index is 13.0. The molecule has 98 valence electrons. The molecule has 1 aromatic carbocycles. The Hall–Kier alpha value is -2.36. The van der Waals surface area contributed by atoms with Crippen molar-refractivity contribution in [1.29, 1.82) is 5.26 Å². The SMILES string of the molecule is N#CCCCc1nc(-c2cc(F)c(F)c(F)c2)no1. The number of unbranched alkanes of at least 4 members (excludes halogenated alkanes) is 1. The van der Waals surface area contributed by atoms with E-state index in [2.05, 4.69) is 10.1 Å². The highest BCUT2D eigenvalue weighted by molar-refractivity contribution is 5.54. The van der Waals surface area contributed by atoms with Crippen LogP contribution >= 0.6 is 0 Å². The lowest BCUT2D eigenvalue weighted by Crippen LogP contribution is -1.93. The lowest BCUT2D eigenvalue weighted by molar-refractivity contribution is 0.376. The summed E-state index contributed by atoms with van der Waals surface area (Å²) in [5.74, 6) is -3.93. The van der Waals surface area contributed by atoms with Crippen LogP contribution < -0.4 is 0 Å². The lowest BCUT2D eigenvalue weighted by Gasteiger charge is -1.98. The molecule has 0 amide bonds. The van der Waals surface area contributed by atoms with Crippen LogP contribution in [0.5, 0.6) is 0 Å². The maximum Gasteiger partial charge on any atom is 0.226 e. The molecule has 4 nitrogen and oxygen atoms in total. The van der Waals surface area contributed by atoms with E-state index in [9.17, 15) is 13.2 Å². The third-order valence-corrected chi connectivity index (χ3v) is 2.39. The third-order valence-electron chi connectivity index (χ3n) is 2.39. The van der Waals surface area contributed by atoms with Crippen molar-refractivity contribution in [3.8, 4) is 17.5 Å². The smallest absolute Gasteiger partial charge is 0.226 e. The first-order valence-electron chi connectivity index (χ1n) is 5.46. The molecular formula is C12H8F3N3O. The van der Waals surface area contributed by atoms with Crippen molar-refractivity contribution in [2.24, 2.45) is 0 Å². The summed E-state index contributed by atoms with van der Waals surface area (Å²) in [7, 11) is 0. The van der Waals surface area contributed by atoms with Crippen molar-refractivity contribution in [2.45, 2.75) is 19.3 Å². The molecule has 0 aliphatic carbocycles. The zero-order valence-corrected chi connectivity index (χ0v) is 9.66. The molecule has 1 heterocycles.